The number of amides is 1. The van der Waals surface area contributed by atoms with Crippen LogP contribution in [0.25, 0.3) is 0 Å². The number of carbonyl (C=O) groups excluding carboxylic acids is 1. The molecule has 0 aromatic heterocycles. The van der Waals surface area contributed by atoms with Crippen LogP contribution in [0, 0.1) is 0 Å². The minimum Gasteiger partial charge on any atom is -0.351 e. The van der Waals surface area contributed by atoms with Crippen molar-refractivity contribution in [2.24, 2.45) is 0 Å². The van der Waals surface area contributed by atoms with Crippen LogP contribution >= 0.6 is 0 Å². The molecule has 2 unspecified atom stereocenters. The smallest absolute Gasteiger partial charge is 0.237 e. The lowest BCUT2D eigenvalue weighted by Gasteiger charge is -2.32. The molecule has 0 radical (unpaired) electrons. The van der Waals surface area contributed by atoms with Crippen molar-refractivity contribution in [1.82, 2.24) is 15.5 Å². The van der Waals surface area contributed by atoms with E-state index in [2.05, 4.69) is 22.5 Å². The Hall–Kier alpha value is -0.610. The Morgan fingerprint density at radius 1 is 1.44 bits per heavy atom. The highest BCUT2D eigenvalue weighted by molar-refractivity contribution is 5.82. The molecule has 0 spiro atoms. The average molecular weight is 225 g/mol. The van der Waals surface area contributed by atoms with E-state index in [1.165, 1.54) is 13.0 Å². The van der Waals surface area contributed by atoms with Crippen molar-refractivity contribution in [2.75, 3.05) is 26.2 Å². The molecule has 2 N–H and O–H groups in total. The molecule has 2 atom stereocenters. The SMILES string of the molecule is CCN1CCCC(NC(=O)C2CCCN2)C1. The Kier molecular flexibility index (Phi) is 4.18. The van der Waals surface area contributed by atoms with Gasteiger partial charge in [-0.05, 0) is 45.3 Å². The molecule has 2 aliphatic heterocycles. The number of carbonyl (C=O) groups is 1. The van der Waals surface area contributed by atoms with Gasteiger partial charge in [-0.1, -0.05) is 6.92 Å². The van der Waals surface area contributed by atoms with Crippen molar-refractivity contribution in [1.29, 1.82) is 0 Å². The van der Waals surface area contributed by atoms with Crippen LogP contribution < -0.4 is 10.6 Å². The number of piperidine rings is 1. The lowest BCUT2D eigenvalue weighted by molar-refractivity contribution is -0.123. The monoisotopic (exact) mass is 225 g/mol. The van der Waals surface area contributed by atoms with Gasteiger partial charge in [0, 0.05) is 12.6 Å². The second kappa shape index (κ2) is 5.64. The van der Waals surface area contributed by atoms with Crippen molar-refractivity contribution in [3.05, 3.63) is 0 Å². The fourth-order valence-electron chi connectivity index (χ4n) is 2.67. The van der Waals surface area contributed by atoms with E-state index in [1.807, 2.05) is 0 Å². The van der Waals surface area contributed by atoms with E-state index in [1.54, 1.807) is 0 Å². The summed E-state index contributed by atoms with van der Waals surface area (Å²) in [5.74, 6) is 0.209. The second-order valence-electron chi connectivity index (χ2n) is 4.89. The van der Waals surface area contributed by atoms with Gasteiger partial charge in [-0.3, -0.25) is 4.79 Å². The Labute approximate surface area is 97.8 Å². The molecule has 2 rings (SSSR count). The topological polar surface area (TPSA) is 44.4 Å². The molecule has 4 nitrogen and oxygen atoms in total. The van der Waals surface area contributed by atoms with Gasteiger partial charge in [-0.2, -0.15) is 0 Å². The van der Waals surface area contributed by atoms with Gasteiger partial charge < -0.3 is 15.5 Å². The van der Waals surface area contributed by atoms with Crippen molar-refractivity contribution in [2.45, 2.75) is 44.7 Å². The van der Waals surface area contributed by atoms with E-state index in [9.17, 15) is 4.79 Å². The Morgan fingerprint density at radius 3 is 3.00 bits per heavy atom. The number of likely N-dealkylation sites (N-methyl/N-ethyl adjacent to an activating group) is 1. The van der Waals surface area contributed by atoms with E-state index < -0.39 is 0 Å². The minimum atomic E-state index is 0.0667. The van der Waals surface area contributed by atoms with Gasteiger partial charge in [-0.15, -0.1) is 0 Å². The third kappa shape index (κ3) is 2.95. The maximum absolute atomic E-state index is 11.9. The van der Waals surface area contributed by atoms with Gasteiger partial charge in [0.15, 0.2) is 0 Å². The highest BCUT2D eigenvalue weighted by Crippen LogP contribution is 2.11. The molecule has 2 heterocycles. The van der Waals surface area contributed by atoms with Gasteiger partial charge >= 0.3 is 0 Å². The van der Waals surface area contributed by atoms with Crippen LogP contribution in [-0.4, -0.2) is 49.1 Å². The summed E-state index contributed by atoms with van der Waals surface area (Å²) in [6.45, 7) is 6.47. The first kappa shape index (κ1) is 11.9. The first-order valence-electron chi connectivity index (χ1n) is 6.55. The molecule has 2 saturated heterocycles. The highest BCUT2D eigenvalue weighted by atomic mass is 16.2. The van der Waals surface area contributed by atoms with Crippen LogP contribution in [0.15, 0.2) is 0 Å². The van der Waals surface area contributed by atoms with Crippen LogP contribution in [0.2, 0.25) is 0 Å². The zero-order valence-electron chi connectivity index (χ0n) is 10.2. The predicted molar refractivity (Wildman–Crippen MR) is 64.3 cm³/mol. The van der Waals surface area contributed by atoms with E-state index in [4.69, 9.17) is 0 Å². The molecule has 0 saturated carbocycles. The standard InChI is InChI=1S/C12H23N3O/c1-2-15-8-4-5-10(9-15)14-12(16)11-6-3-7-13-11/h10-11,13H,2-9H2,1H3,(H,14,16). The molecule has 0 aromatic carbocycles. The quantitative estimate of drug-likeness (QED) is 0.728. The molecule has 2 fully saturated rings. The lowest BCUT2D eigenvalue weighted by atomic mass is 10.1. The van der Waals surface area contributed by atoms with Crippen LogP contribution in [0.3, 0.4) is 0 Å². The van der Waals surface area contributed by atoms with Crippen LogP contribution in [0.4, 0.5) is 0 Å². The molecular formula is C12H23N3O. The molecule has 0 aromatic rings. The summed E-state index contributed by atoms with van der Waals surface area (Å²) in [6.07, 6.45) is 4.46. The third-order valence-electron chi connectivity index (χ3n) is 3.68. The third-order valence-corrected chi connectivity index (χ3v) is 3.68. The fourth-order valence-corrected chi connectivity index (χ4v) is 2.67. The molecule has 4 heteroatoms. The van der Waals surface area contributed by atoms with Crippen LogP contribution in [0.5, 0.6) is 0 Å². The zero-order valence-corrected chi connectivity index (χ0v) is 10.2. The first-order valence-corrected chi connectivity index (χ1v) is 6.55. The molecule has 0 bridgehead atoms. The maximum Gasteiger partial charge on any atom is 0.237 e. The molecular weight excluding hydrogens is 202 g/mol. The minimum absolute atomic E-state index is 0.0667. The summed E-state index contributed by atoms with van der Waals surface area (Å²) >= 11 is 0. The summed E-state index contributed by atoms with van der Waals surface area (Å²) in [5.41, 5.74) is 0. The number of rotatable bonds is 3. The van der Waals surface area contributed by atoms with Gasteiger partial charge in [0.25, 0.3) is 0 Å². The van der Waals surface area contributed by atoms with E-state index in [0.29, 0.717) is 6.04 Å². The molecule has 2 aliphatic rings. The number of nitrogens with zero attached hydrogens (tertiary/aromatic N) is 1. The number of hydrogen-bond donors (Lipinski definition) is 2. The molecule has 16 heavy (non-hydrogen) atoms. The molecule has 92 valence electrons. The highest BCUT2D eigenvalue weighted by Gasteiger charge is 2.26. The Morgan fingerprint density at radius 2 is 2.31 bits per heavy atom. The summed E-state index contributed by atoms with van der Waals surface area (Å²) in [7, 11) is 0. The van der Waals surface area contributed by atoms with Gasteiger partial charge in [0.2, 0.25) is 5.91 Å². The summed E-state index contributed by atoms with van der Waals surface area (Å²) in [4.78, 5) is 14.3. The van der Waals surface area contributed by atoms with E-state index in [-0.39, 0.29) is 11.9 Å². The van der Waals surface area contributed by atoms with Crippen molar-refractivity contribution in [3.8, 4) is 0 Å². The largest absolute Gasteiger partial charge is 0.351 e. The Bertz CT molecular complexity index is 238. The maximum atomic E-state index is 11.9. The molecule has 0 aliphatic carbocycles. The number of hydrogen-bond acceptors (Lipinski definition) is 3. The zero-order chi connectivity index (χ0) is 11.4. The van der Waals surface area contributed by atoms with Crippen molar-refractivity contribution >= 4 is 5.91 Å². The first-order chi connectivity index (χ1) is 7.79. The summed E-state index contributed by atoms with van der Waals surface area (Å²) in [6, 6.07) is 0.431. The predicted octanol–water partition coefficient (Wildman–Crippen LogP) is 0.339. The van der Waals surface area contributed by atoms with Gasteiger partial charge in [-0.25, -0.2) is 0 Å². The summed E-state index contributed by atoms with van der Waals surface area (Å²) in [5, 5.41) is 6.43. The van der Waals surface area contributed by atoms with Crippen LogP contribution in [0.1, 0.15) is 32.6 Å². The van der Waals surface area contributed by atoms with Crippen molar-refractivity contribution < 1.29 is 4.79 Å². The number of nitrogens with one attached hydrogen (secondary N) is 2. The normalized spacial score (nSPS) is 31.6. The number of likely N-dealkylation sites (tertiary alicyclic amines) is 1. The fraction of sp³-hybridized carbons (Fsp3) is 0.917. The van der Waals surface area contributed by atoms with E-state index in [0.717, 1.165) is 38.9 Å². The second-order valence-corrected chi connectivity index (χ2v) is 4.89. The molecule has 1 amide bonds. The summed E-state index contributed by atoms with van der Waals surface area (Å²) < 4.78 is 0. The Balaban J connectivity index is 1.77. The van der Waals surface area contributed by atoms with Crippen molar-refractivity contribution in [3.63, 3.8) is 0 Å². The van der Waals surface area contributed by atoms with Gasteiger partial charge in [0.1, 0.15) is 0 Å². The lowest BCUT2D eigenvalue weighted by Crippen LogP contribution is -2.51. The van der Waals surface area contributed by atoms with Gasteiger partial charge in [0.05, 0.1) is 6.04 Å². The van der Waals surface area contributed by atoms with E-state index >= 15 is 0 Å². The van der Waals surface area contributed by atoms with Crippen LogP contribution in [-0.2, 0) is 4.79 Å². The average Bonchev–Trinajstić information content (AvgIpc) is 2.83.